The molecule has 7 nitrogen and oxygen atoms in total. The molecular formula is C7H13N3O4. The van der Waals surface area contributed by atoms with Gasteiger partial charge in [-0.1, -0.05) is 0 Å². The third kappa shape index (κ3) is 6.89. The summed E-state index contributed by atoms with van der Waals surface area (Å²) in [7, 11) is 1.14. The Labute approximate surface area is 81.1 Å². The van der Waals surface area contributed by atoms with Crippen LogP contribution in [0, 0.1) is 5.21 Å². The zero-order valence-corrected chi connectivity index (χ0v) is 7.86. The van der Waals surface area contributed by atoms with Crippen molar-refractivity contribution in [3.8, 4) is 0 Å². The van der Waals surface area contributed by atoms with Crippen LogP contribution < -0.4 is 11.1 Å². The number of carbonyl (C=O) groups is 2. The van der Waals surface area contributed by atoms with Gasteiger partial charge in [0, 0.05) is 25.0 Å². The van der Waals surface area contributed by atoms with Gasteiger partial charge < -0.3 is 15.9 Å². The van der Waals surface area contributed by atoms with Crippen molar-refractivity contribution in [2.75, 3.05) is 13.7 Å². The van der Waals surface area contributed by atoms with E-state index < -0.39 is 11.8 Å². The van der Waals surface area contributed by atoms with Crippen LogP contribution in [-0.4, -0.2) is 36.6 Å². The Hall–Kier alpha value is -1.79. The summed E-state index contributed by atoms with van der Waals surface area (Å²) in [5.41, 5.74) is 4.87. The molecule has 3 N–H and O–H groups in total. The summed E-state index contributed by atoms with van der Waals surface area (Å²) in [6, 6.07) is 0. The molecule has 0 atom stereocenters. The summed E-state index contributed by atoms with van der Waals surface area (Å²) in [4.78, 5) is 25.3. The molecule has 0 aromatic rings. The van der Waals surface area contributed by atoms with E-state index in [1.807, 2.05) is 0 Å². The molecule has 0 heterocycles. The summed E-state index contributed by atoms with van der Waals surface area (Å²) >= 11 is 0. The lowest BCUT2D eigenvalue weighted by Crippen LogP contribution is -2.29. The van der Waals surface area contributed by atoms with Crippen molar-refractivity contribution in [2.24, 2.45) is 5.73 Å². The highest BCUT2D eigenvalue weighted by molar-refractivity contribution is 6.24. The predicted octanol–water partition coefficient (Wildman–Crippen LogP) is -1.49. The quantitative estimate of drug-likeness (QED) is 0.237. The lowest BCUT2D eigenvalue weighted by Gasteiger charge is -1.99. The maximum Gasteiger partial charge on any atom is 0.314 e. The minimum atomic E-state index is -0.577. The Morgan fingerprint density at radius 1 is 1.64 bits per heavy atom. The Morgan fingerprint density at radius 3 is 2.79 bits per heavy atom. The zero-order valence-electron chi connectivity index (χ0n) is 7.86. The molecule has 0 saturated carbocycles. The standard InChI is InChI=1S/C7H13N3O4/c1-14-10(13)5-7(12)9-4-2-3-6(8)11/h5H,2-4H2,1H3,(H2,8,11)(H,9,12). The molecule has 0 aliphatic heterocycles. The Kier molecular flexibility index (Phi) is 5.84. The minimum absolute atomic E-state index is 0.0312. The first kappa shape index (κ1) is 12.2. The number of hydrogen-bond donors (Lipinski definition) is 2. The molecule has 0 spiro atoms. The van der Waals surface area contributed by atoms with Gasteiger partial charge in [-0.05, 0) is 6.42 Å². The highest BCUT2D eigenvalue weighted by Crippen LogP contribution is 1.83. The van der Waals surface area contributed by atoms with E-state index >= 15 is 0 Å². The van der Waals surface area contributed by atoms with Gasteiger partial charge in [-0.15, -0.1) is 0 Å². The second-order valence-corrected chi connectivity index (χ2v) is 2.46. The highest BCUT2D eigenvalue weighted by Gasteiger charge is 2.03. The third-order valence-electron chi connectivity index (χ3n) is 1.30. The fraction of sp³-hybridized carbons (Fsp3) is 0.571. The topological polar surface area (TPSA) is 107 Å². The number of nitrogens with zero attached hydrogens (tertiary/aromatic N) is 1. The number of hydrogen-bond acceptors (Lipinski definition) is 4. The van der Waals surface area contributed by atoms with Crippen LogP contribution in [0.1, 0.15) is 12.8 Å². The Morgan fingerprint density at radius 2 is 2.29 bits per heavy atom. The van der Waals surface area contributed by atoms with Gasteiger partial charge in [0.1, 0.15) is 0 Å². The molecule has 0 rings (SSSR count). The van der Waals surface area contributed by atoms with E-state index in [-0.39, 0.29) is 17.9 Å². The van der Waals surface area contributed by atoms with Crippen LogP contribution in [-0.2, 0) is 14.4 Å². The van der Waals surface area contributed by atoms with Gasteiger partial charge in [0.2, 0.25) is 5.91 Å². The van der Waals surface area contributed by atoms with Crippen LogP contribution in [0.3, 0.4) is 0 Å². The van der Waals surface area contributed by atoms with Gasteiger partial charge in [-0.3, -0.25) is 14.8 Å². The molecule has 0 bridgehead atoms. The third-order valence-corrected chi connectivity index (χ3v) is 1.30. The minimum Gasteiger partial charge on any atom is -0.406 e. The second kappa shape index (κ2) is 6.70. The first-order valence-electron chi connectivity index (χ1n) is 3.97. The summed E-state index contributed by atoms with van der Waals surface area (Å²) in [6.07, 6.45) is 1.36. The van der Waals surface area contributed by atoms with Gasteiger partial charge in [0.05, 0.1) is 0 Å². The van der Waals surface area contributed by atoms with Crippen molar-refractivity contribution in [3.05, 3.63) is 5.21 Å². The van der Waals surface area contributed by atoms with Crippen LogP contribution in [0.25, 0.3) is 0 Å². The SMILES string of the molecule is CO[N+]([O-])=CC(=O)NCCCC(N)=O. The van der Waals surface area contributed by atoms with E-state index in [4.69, 9.17) is 5.73 Å². The molecule has 0 unspecified atom stereocenters. The molecule has 80 valence electrons. The van der Waals surface area contributed by atoms with Crippen LogP contribution in [0.2, 0.25) is 0 Å². The smallest absolute Gasteiger partial charge is 0.314 e. The molecule has 0 fully saturated rings. The van der Waals surface area contributed by atoms with Crippen molar-refractivity contribution < 1.29 is 19.3 Å². The van der Waals surface area contributed by atoms with Crippen molar-refractivity contribution in [1.29, 1.82) is 0 Å². The maximum absolute atomic E-state index is 10.9. The highest BCUT2D eigenvalue weighted by atomic mass is 16.9. The van der Waals surface area contributed by atoms with E-state index in [1.165, 1.54) is 0 Å². The number of amides is 2. The van der Waals surface area contributed by atoms with Gasteiger partial charge in [0.25, 0.3) is 6.21 Å². The van der Waals surface area contributed by atoms with Crippen molar-refractivity contribution >= 4 is 18.0 Å². The molecule has 7 heteroatoms. The molecule has 0 aromatic heterocycles. The molecule has 2 amide bonds. The number of carbonyl (C=O) groups excluding carboxylic acids is 2. The van der Waals surface area contributed by atoms with Crippen molar-refractivity contribution in [1.82, 2.24) is 5.32 Å². The number of rotatable bonds is 6. The fourth-order valence-corrected chi connectivity index (χ4v) is 0.668. The Bertz CT molecular complexity index is 239. The number of nitrogens with one attached hydrogen (secondary N) is 1. The number of nitrogens with two attached hydrogens (primary N) is 1. The van der Waals surface area contributed by atoms with E-state index in [2.05, 4.69) is 10.2 Å². The van der Waals surface area contributed by atoms with Crippen LogP contribution in [0.5, 0.6) is 0 Å². The predicted molar refractivity (Wildman–Crippen MR) is 48.1 cm³/mol. The molecule has 0 saturated heterocycles. The summed E-state index contributed by atoms with van der Waals surface area (Å²) in [6.45, 7) is 0.288. The summed E-state index contributed by atoms with van der Waals surface area (Å²) in [5.74, 6) is -1.00. The van der Waals surface area contributed by atoms with Crippen LogP contribution >= 0.6 is 0 Å². The molecule has 14 heavy (non-hydrogen) atoms. The van der Waals surface area contributed by atoms with Gasteiger partial charge in [-0.2, -0.15) is 0 Å². The van der Waals surface area contributed by atoms with Crippen LogP contribution in [0.15, 0.2) is 0 Å². The molecule has 0 radical (unpaired) electrons. The van der Waals surface area contributed by atoms with E-state index in [9.17, 15) is 14.8 Å². The average Bonchev–Trinajstić information content (AvgIpc) is 2.12. The van der Waals surface area contributed by atoms with Crippen molar-refractivity contribution in [2.45, 2.75) is 12.8 Å². The lowest BCUT2D eigenvalue weighted by molar-refractivity contribution is -0.729. The van der Waals surface area contributed by atoms with Gasteiger partial charge in [0.15, 0.2) is 0 Å². The average molecular weight is 203 g/mol. The molecule has 0 aromatic carbocycles. The lowest BCUT2D eigenvalue weighted by atomic mass is 10.3. The number of primary amides is 1. The maximum atomic E-state index is 10.9. The summed E-state index contributed by atoms with van der Waals surface area (Å²) < 4.78 is 0. The molecule has 0 aliphatic carbocycles. The zero-order chi connectivity index (χ0) is 11.0. The molecular weight excluding hydrogens is 190 g/mol. The van der Waals surface area contributed by atoms with E-state index in [0.717, 1.165) is 7.11 Å². The molecule has 0 aliphatic rings. The first-order chi connectivity index (χ1) is 6.56. The largest absolute Gasteiger partial charge is 0.406 e. The van der Waals surface area contributed by atoms with Crippen molar-refractivity contribution in [3.63, 3.8) is 0 Å². The first-order valence-corrected chi connectivity index (χ1v) is 3.97. The Balaban J connectivity index is 3.60. The van der Waals surface area contributed by atoms with Crippen LogP contribution in [0.4, 0.5) is 0 Å². The normalized spacial score (nSPS) is 10.8. The van der Waals surface area contributed by atoms with Gasteiger partial charge >= 0.3 is 5.91 Å². The second-order valence-electron chi connectivity index (χ2n) is 2.46. The van der Waals surface area contributed by atoms with Gasteiger partial charge in [-0.25, -0.2) is 0 Å². The monoisotopic (exact) mass is 203 g/mol. The summed E-state index contributed by atoms with van der Waals surface area (Å²) in [5, 5.41) is 12.8. The fourth-order valence-electron chi connectivity index (χ4n) is 0.668. The van der Waals surface area contributed by atoms with E-state index in [1.54, 1.807) is 0 Å². The van der Waals surface area contributed by atoms with E-state index in [0.29, 0.717) is 12.6 Å².